The number of carbonyl (C=O) groups is 1. The molecule has 0 bridgehead atoms. The van der Waals surface area contributed by atoms with Gasteiger partial charge in [0.05, 0.1) is 12.6 Å². The summed E-state index contributed by atoms with van der Waals surface area (Å²) in [5.74, 6) is -0.216. The van der Waals surface area contributed by atoms with Gasteiger partial charge in [0.1, 0.15) is 5.75 Å². The molecule has 0 saturated carbocycles. The second kappa shape index (κ2) is 5.77. The lowest BCUT2D eigenvalue weighted by atomic mass is 10.1. The fraction of sp³-hybridized carbons (Fsp3) is 0.125. The minimum absolute atomic E-state index is 0.0336. The van der Waals surface area contributed by atoms with Crippen molar-refractivity contribution in [1.29, 1.82) is 0 Å². The van der Waals surface area contributed by atoms with Gasteiger partial charge in [-0.25, -0.2) is 4.79 Å². The Bertz CT molecular complexity index is 826. The molecular weight excluding hydrogens is 282 g/mol. The van der Waals surface area contributed by atoms with Gasteiger partial charge in [-0.2, -0.15) is 5.10 Å². The van der Waals surface area contributed by atoms with E-state index < -0.39 is 5.97 Å². The van der Waals surface area contributed by atoms with Crippen molar-refractivity contribution >= 4 is 22.6 Å². The number of benzene rings is 2. The number of aromatic carboxylic acids is 1. The predicted octanol–water partition coefficient (Wildman–Crippen LogP) is 2.88. The molecule has 0 aliphatic carbocycles. The lowest BCUT2D eigenvalue weighted by Crippen LogP contribution is -2.01. The van der Waals surface area contributed by atoms with Gasteiger partial charge in [0.2, 0.25) is 0 Å². The van der Waals surface area contributed by atoms with Crippen LogP contribution in [0.4, 0.5) is 5.69 Å². The normalized spacial score (nSPS) is 10.6. The third-order valence-electron chi connectivity index (χ3n) is 3.44. The molecule has 1 heterocycles. The third-order valence-corrected chi connectivity index (χ3v) is 3.44. The smallest absolute Gasteiger partial charge is 0.357 e. The Labute approximate surface area is 126 Å². The summed E-state index contributed by atoms with van der Waals surface area (Å²) >= 11 is 0. The second-order valence-corrected chi connectivity index (χ2v) is 4.80. The summed E-state index contributed by atoms with van der Waals surface area (Å²) < 4.78 is 5.31. The Kier molecular flexibility index (Phi) is 3.65. The van der Waals surface area contributed by atoms with Crippen molar-refractivity contribution in [3.05, 3.63) is 53.7 Å². The SMILES string of the molecule is COc1ccccc1CNc1ccc2c(C(=O)O)n[nH]c2c1. The molecule has 0 spiro atoms. The van der Waals surface area contributed by atoms with Crippen LogP contribution in [0.25, 0.3) is 10.9 Å². The highest BCUT2D eigenvalue weighted by atomic mass is 16.5. The van der Waals surface area contributed by atoms with E-state index >= 15 is 0 Å². The molecule has 3 aromatic rings. The molecule has 0 atom stereocenters. The van der Waals surface area contributed by atoms with Crippen LogP contribution in [0.5, 0.6) is 5.75 Å². The van der Waals surface area contributed by atoms with Gasteiger partial charge in [0.25, 0.3) is 0 Å². The largest absolute Gasteiger partial charge is 0.496 e. The lowest BCUT2D eigenvalue weighted by molar-refractivity contribution is 0.0692. The van der Waals surface area contributed by atoms with Crippen molar-refractivity contribution in [3.63, 3.8) is 0 Å². The van der Waals surface area contributed by atoms with Crippen LogP contribution in [0.3, 0.4) is 0 Å². The fourth-order valence-electron chi connectivity index (χ4n) is 2.34. The number of rotatable bonds is 5. The molecule has 2 aromatic carbocycles. The van der Waals surface area contributed by atoms with E-state index in [9.17, 15) is 4.79 Å². The monoisotopic (exact) mass is 297 g/mol. The van der Waals surface area contributed by atoms with Gasteiger partial charge >= 0.3 is 5.97 Å². The average molecular weight is 297 g/mol. The number of aromatic nitrogens is 2. The number of nitrogens with zero attached hydrogens (tertiary/aromatic N) is 1. The summed E-state index contributed by atoms with van der Waals surface area (Å²) in [7, 11) is 1.64. The number of hydrogen-bond acceptors (Lipinski definition) is 4. The zero-order chi connectivity index (χ0) is 15.5. The summed E-state index contributed by atoms with van der Waals surface area (Å²) in [6.45, 7) is 0.607. The lowest BCUT2D eigenvalue weighted by Gasteiger charge is -2.10. The minimum Gasteiger partial charge on any atom is -0.496 e. The number of methoxy groups -OCH3 is 1. The van der Waals surface area contributed by atoms with Crippen molar-refractivity contribution in [3.8, 4) is 5.75 Å². The summed E-state index contributed by atoms with van der Waals surface area (Å²) in [6.07, 6.45) is 0. The van der Waals surface area contributed by atoms with E-state index in [4.69, 9.17) is 9.84 Å². The number of carboxylic acid groups (broad SMARTS) is 1. The van der Waals surface area contributed by atoms with Crippen LogP contribution >= 0.6 is 0 Å². The van der Waals surface area contributed by atoms with Crippen molar-refractivity contribution in [2.75, 3.05) is 12.4 Å². The number of para-hydroxylation sites is 1. The average Bonchev–Trinajstić information content (AvgIpc) is 2.96. The molecule has 3 rings (SSSR count). The molecule has 6 nitrogen and oxygen atoms in total. The van der Waals surface area contributed by atoms with Gasteiger partial charge in [-0.1, -0.05) is 18.2 Å². The molecule has 3 N–H and O–H groups in total. The highest BCUT2D eigenvalue weighted by molar-refractivity contribution is 6.01. The molecule has 0 saturated heterocycles. The Balaban J connectivity index is 1.81. The maximum Gasteiger partial charge on any atom is 0.357 e. The first kappa shape index (κ1) is 13.9. The first-order valence-corrected chi connectivity index (χ1v) is 6.76. The van der Waals surface area contributed by atoms with Gasteiger partial charge < -0.3 is 15.2 Å². The summed E-state index contributed by atoms with van der Waals surface area (Å²) in [6, 6.07) is 13.2. The molecule has 22 heavy (non-hydrogen) atoms. The molecule has 0 unspecified atom stereocenters. The molecule has 0 aliphatic rings. The van der Waals surface area contributed by atoms with Crippen molar-refractivity contribution in [2.24, 2.45) is 0 Å². The number of nitrogens with one attached hydrogen (secondary N) is 2. The first-order valence-electron chi connectivity index (χ1n) is 6.76. The molecule has 1 aromatic heterocycles. The fourth-order valence-corrected chi connectivity index (χ4v) is 2.34. The highest BCUT2D eigenvalue weighted by Crippen LogP contribution is 2.22. The molecule has 112 valence electrons. The van der Waals surface area contributed by atoms with Crippen LogP contribution in [0.15, 0.2) is 42.5 Å². The van der Waals surface area contributed by atoms with E-state index in [1.54, 1.807) is 13.2 Å². The van der Waals surface area contributed by atoms with Gasteiger partial charge in [-0.05, 0) is 24.3 Å². The van der Waals surface area contributed by atoms with E-state index in [1.807, 2.05) is 36.4 Å². The van der Waals surface area contributed by atoms with Crippen LogP contribution in [0.1, 0.15) is 16.1 Å². The van der Waals surface area contributed by atoms with Gasteiger partial charge in [0, 0.05) is 23.2 Å². The second-order valence-electron chi connectivity index (χ2n) is 4.80. The Morgan fingerprint density at radius 1 is 1.32 bits per heavy atom. The zero-order valence-corrected chi connectivity index (χ0v) is 12.0. The topological polar surface area (TPSA) is 87.2 Å². The van der Waals surface area contributed by atoms with Crippen LogP contribution in [-0.4, -0.2) is 28.4 Å². The number of aromatic amines is 1. The third kappa shape index (κ3) is 2.58. The van der Waals surface area contributed by atoms with E-state index in [0.717, 1.165) is 17.0 Å². The van der Waals surface area contributed by atoms with Crippen molar-refractivity contribution < 1.29 is 14.6 Å². The number of carboxylic acids is 1. The number of ether oxygens (including phenoxy) is 1. The molecule has 6 heteroatoms. The minimum atomic E-state index is -1.04. The van der Waals surface area contributed by atoms with E-state index in [2.05, 4.69) is 15.5 Å². The molecule has 0 aliphatic heterocycles. The van der Waals surface area contributed by atoms with Crippen molar-refractivity contribution in [1.82, 2.24) is 10.2 Å². The highest BCUT2D eigenvalue weighted by Gasteiger charge is 2.12. The van der Waals surface area contributed by atoms with Gasteiger partial charge in [-0.15, -0.1) is 0 Å². The molecule has 0 fully saturated rings. The first-order chi connectivity index (χ1) is 10.7. The maximum atomic E-state index is 11.0. The quantitative estimate of drug-likeness (QED) is 0.674. The zero-order valence-electron chi connectivity index (χ0n) is 12.0. The van der Waals surface area contributed by atoms with Crippen LogP contribution < -0.4 is 10.1 Å². The molecule has 0 amide bonds. The van der Waals surface area contributed by atoms with E-state index in [-0.39, 0.29) is 5.69 Å². The Hall–Kier alpha value is -3.02. The van der Waals surface area contributed by atoms with Gasteiger partial charge in [0.15, 0.2) is 5.69 Å². The van der Waals surface area contributed by atoms with Crippen molar-refractivity contribution in [2.45, 2.75) is 6.54 Å². The maximum absolute atomic E-state index is 11.0. The summed E-state index contributed by atoms with van der Waals surface area (Å²) in [5.41, 5.74) is 2.63. The van der Waals surface area contributed by atoms with E-state index in [0.29, 0.717) is 17.4 Å². The standard InChI is InChI=1S/C16H15N3O3/c1-22-14-5-3-2-4-10(14)9-17-11-6-7-12-13(8-11)18-19-15(12)16(20)21/h2-8,17H,9H2,1H3,(H,18,19)(H,20,21). The van der Waals surface area contributed by atoms with E-state index in [1.165, 1.54) is 0 Å². The number of fused-ring (bicyclic) bond motifs is 1. The number of anilines is 1. The molecule has 0 radical (unpaired) electrons. The Morgan fingerprint density at radius 2 is 2.14 bits per heavy atom. The summed E-state index contributed by atoms with van der Waals surface area (Å²) in [4.78, 5) is 11.0. The predicted molar refractivity (Wildman–Crippen MR) is 83.4 cm³/mol. The Morgan fingerprint density at radius 3 is 2.91 bits per heavy atom. The van der Waals surface area contributed by atoms with Crippen LogP contribution in [0.2, 0.25) is 0 Å². The van der Waals surface area contributed by atoms with Crippen LogP contribution in [0, 0.1) is 0 Å². The summed E-state index contributed by atoms with van der Waals surface area (Å²) in [5, 5.41) is 19.5. The van der Waals surface area contributed by atoms with Crippen LogP contribution in [-0.2, 0) is 6.54 Å². The number of hydrogen-bond donors (Lipinski definition) is 3. The molecular formula is C16H15N3O3. The van der Waals surface area contributed by atoms with Gasteiger partial charge in [-0.3, -0.25) is 5.10 Å². The number of H-pyrrole nitrogens is 1.